The highest BCUT2D eigenvalue weighted by atomic mass is 32.2. The lowest BCUT2D eigenvalue weighted by Crippen LogP contribution is -2.61. The van der Waals surface area contributed by atoms with Crippen LogP contribution in [0, 0.1) is 0 Å². The summed E-state index contributed by atoms with van der Waals surface area (Å²) in [4.78, 5) is 16.5. The second-order valence-electron chi connectivity index (χ2n) is 7.25. The number of aryl methyl sites for hydroxylation is 1. The molecule has 7 heteroatoms. The molecule has 2 heterocycles. The number of aliphatic hydroxyl groups is 1. The Labute approximate surface area is 155 Å². The molecule has 2 fully saturated rings. The molecule has 1 N–H and O–H groups in total. The molecule has 1 aromatic rings. The fourth-order valence-electron chi connectivity index (χ4n) is 4.13. The number of piperazine rings is 1. The smallest absolute Gasteiger partial charge is 0.222 e. The number of amides is 1. The Kier molecular flexibility index (Phi) is 6.32. The quantitative estimate of drug-likeness (QED) is 0.705. The average Bonchev–Trinajstić information content (AvgIpc) is 2.95. The summed E-state index contributed by atoms with van der Waals surface area (Å²) >= 11 is 0. The lowest BCUT2D eigenvalue weighted by molar-refractivity contribution is -0.137. The fourth-order valence-corrected chi connectivity index (χ4v) is 6.15. The van der Waals surface area contributed by atoms with Gasteiger partial charge in [-0.05, 0) is 24.8 Å². The molecular weight excluding hydrogens is 352 g/mol. The molecule has 1 aromatic carbocycles. The first-order valence-corrected chi connectivity index (χ1v) is 11.2. The van der Waals surface area contributed by atoms with E-state index in [1.165, 1.54) is 5.56 Å². The summed E-state index contributed by atoms with van der Waals surface area (Å²) < 4.78 is 24.2. The summed E-state index contributed by atoms with van der Waals surface area (Å²) in [6.07, 6.45) is 3.19. The minimum Gasteiger partial charge on any atom is -0.395 e. The molecule has 3 rings (SSSR count). The number of benzene rings is 1. The maximum Gasteiger partial charge on any atom is 0.222 e. The molecule has 0 aliphatic carbocycles. The van der Waals surface area contributed by atoms with Gasteiger partial charge in [-0.3, -0.25) is 9.69 Å². The zero-order valence-corrected chi connectivity index (χ0v) is 15.9. The first-order valence-electron chi connectivity index (χ1n) is 9.39. The summed E-state index contributed by atoms with van der Waals surface area (Å²) in [6.45, 7) is 1.66. The number of fused-ring (bicyclic) bond motifs is 1. The number of sulfone groups is 1. The van der Waals surface area contributed by atoms with Gasteiger partial charge in [-0.25, -0.2) is 8.42 Å². The Morgan fingerprint density at radius 2 is 1.81 bits per heavy atom. The Balaban J connectivity index is 1.53. The summed E-state index contributed by atoms with van der Waals surface area (Å²) in [5.74, 6) is 0.207. The van der Waals surface area contributed by atoms with Crippen LogP contribution in [0.25, 0.3) is 0 Å². The van der Waals surface area contributed by atoms with Crippen molar-refractivity contribution >= 4 is 15.7 Å². The van der Waals surface area contributed by atoms with Crippen molar-refractivity contribution in [2.75, 3.05) is 37.7 Å². The van der Waals surface area contributed by atoms with Crippen molar-refractivity contribution in [2.24, 2.45) is 0 Å². The van der Waals surface area contributed by atoms with E-state index in [1.54, 1.807) is 4.90 Å². The molecule has 0 unspecified atom stereocenters. The van der Waals surface area contributed by atoms with Gasteiger partial charge >= 0.3 is 0 Å². The Hall–Kier alpha value is -1.44. The molecule has 2 atom stereocenters. The largest absolute Gasteiger partial charge is 0.395 e. The van der Waals surface area contributed by atoms with Crippen molar-refractivity contribution in [3.63, 3.8) is 0 Å². The third-order valence-corrected chi connectivity index (χ3v) is 7.15. The van der Waals surface area contributed by atoms with E-state index < -0.39 is 9.84 Å². The van der Waals surface area contributed by atoms with Gasteiger partial charge in [0.05, 0.1) is 24.2 Å². The van der Waals surface area contributed by atoms with E-state index in [4.69, 9.17) is 0 Å². The van der Waals surface area contributed by atoms with Crippen LogP contribution < -0.4 is 0 Å². The minimum absolute atomic E-state index is 0.0106. The van der Waals surface area contributed by atoms with Gasteiger partial charge < -0.3 is 10.0 Å². The van der Waals surface area contributed by atoms with E-state index in [0.717, 1.165) is 19.3 Å². The Morgan fingerprint density at radius 1 is 1.08 bits per heavy atom. The summed E-state index contributed by atoms with van der Waals surface area (Å²) in [6, 6.07) is 9.79. The molecule has 2 saturated heterocycles. The second-order valence-corrected chi connectivity index (χ2v) is 9.40. The van der Waals surface area contributed by atoms with Crippen molar-refractivity contribution in [1.29, 1.82) is 0 Å². The van der Waals surface area contributed by atoms with Gasteiger partial charge in [0.15, 0.2) is 9.84 Å². The molecule has 0 aromatic heterocycles. The normalized spacial score (nSPS) is 25.2. The van der Waals surface area contributed by atoms with Crippen LogP contribution in [-0.4, -0.2) is 79.1 Å². The molecule has 2 aliphatic rings. The van der Waals surface area contributed by atoms with Gasteiger partial charge in [-0.1, -0.05) is 30.3 Å². The number of β-amino-alcohol motifs (C(OH)–C–C–N with tert-alkyl or cyclic N) is 1. The maximum atomic E-state index is 12.7. The topological polar surface area (TPSA) is 77.9 Å². The molecule has 26 heavy (non-hydrogen) atoms. The second kappa shape index (κ2) is 8.50. The monoisotopic (exact) mass is 380 g/mol. The number of unbranched alkanes of at least 4 members (excludes halogenated alkanes) is 1. The molecule has 1 amide bonds. The van der Waals surface area contributed by atoms with Crippen molar-refractivity contribution in [1.82, 2.24) is 9.80 Å². The Morgan fingerprint density at radius 3 is 2.54 bits per heavy atom. The van der Waals surface area contributed by atoms with Crippen molar-refractivity contribution < 1.29 is 18.3 Å². The molecule has 6 nitrogen and oxygen atoms in total. The van der Waals surface area contributed by atoms with E-state index in [-0.39, 0.29) is 36.1 Å². The first kappa shape index (κ1) is 19.3. The molecule has 0 radical (unpaired) electrons. The van der Waals surface area contributed by atoms with Crippen LogP contribution in [0.15, 0.2) is 30.3 Å². The van der Waals surface area contributed by atoms with Crippen LogP contribution in [-0.2, 0) is 21.1 Å². The number of carbonyl (C=O) groups is 1. The van der Waals surface area contributed by atoms with E-state index in [2.05, 4.69) is 12.1 Å². The molecular formula is C19H28N2O4S. The number of aliphatic hydroxyl groups excluding tert-OH is 1. The van der Waals surface area contributed by atoms with E-state index in [0.29, 0.717) is 26.1 Å². The predicted octanol–water partition coefficient (Wildman–Crippen LogP) is 0.702. The number of hydrogen-bond acceptors (Lipinski definition) is 5. The van der Waals surface area contributed by atoms with E-state index >= 15 is 0 Å². The van der Waals surface area contributed by atoms with Gasteiger partial charge in [-0.2, -0.15) is 0 Å². The van der Waals surface area contributed by atoms with Gasteiger partial charge in [0, 0.05) is 32.1 Å². The average molecular weight is 381 g/mol. The molecule has 0 spiro atoms. The maximum absolute atomic E-state index is 12.7. The number of rotatable bonds is 7. The van der Waals surface area contributed by atoms with Gasteiger partial charge in [0.2, 0.25) is 5.91 Å². The zero-order valence-electron chi connectivity index (χ0n) is 15.1. The number of nitrogens with zero attached hydrogens (tertiary/aromatic N) is 2. The van der Waals surface area contributed by atoms with E-state index in [9.17, 15) is 18.3 Å². The van der Waals surface area contributed by atoms with Crippen LogP contribution in [0.2, 0.25) is 0 Å². The molecule has 0 saturated carbocycles. The van der Waals surface area contributed by atoms with Gasteiger partial charge in [0.1, 0.15) is 0 Å². The summed E-state index contributed by atoms with van der Waals surface area (Å²) in [5.41, 5.74) is 1.28. The summed E-state index contributed by atoms with van der Waals surface area (Å²) in [5, 5.41) is 9.21. The van der Waals surface area contributed by atoms with Crippen molar-refractivity contribution in [2.45, 2.75) is 37.8 Å². The highest BCUT2D eigenvalue weighted by Crippen LogP contribution is 2.27. The third-order valence-electron chi connectivity index (χ3n) is 5.45. The SMILES string of the molecule is O=C(CCCCc1ccccc1)N1CCN(CCO)[C@H]2CS(=O)(=O)C[C@H]21. The molecule has 2 aliphatic heterocycles. The number of hydrogen-bond donors (Lipinski definition) is 1. The van der Waals surface area contributed by atoms with Crippen LogP contribution in [0.5, 0.6) is 0 Å². The standard InChI is InChI=1S/C19H28N2O4S/c22-13-12-20-10-11-21(18-15-26(24,25)14-17(18)20)19(23)9-5-4-8-16-6-2-1-3-7-16/h1-3,6-7,17-18,22H,4-5,8-15H2/t17-,18+/m0/s1. The fraction of sp³-hybridized carbons (Fsp3) is 0.632. The number of carbonyl (C=O) groups excluding carboxylic acids is 1. The lowest BCUT2D eigenvalue weighted by Gasteiger charge is -2.43. The van der Waals surface area contributed by atoms with Gasteiger partial charge in [0.25, 0.3) is 0 Å². The van der Waals surface area contributed by atoms with Crippen LogP contribution in [0.1, 0.15) is 24.8 Å². The third kappa shape index (κ3) is 4.64. The highest BCUT2D eigenvalue weighted by Gasteiger charge is 2.47. The minimum atomic E-state index is -3.12. The molecule has 144 valence electrons. The predicted molar refractivity (Wildman–Crippen MR) is 101 cm³/mol. The zero-order chi connectivity index (χ0) is 18.6. The van der Waals surface area contributed by atoms with Crippen molar-refractivity contribution in [3.05, 3.63) is 35.9 Å². The molecule has 0 bridgehead atoms. The first-order chi connectivity index (χ1) is 12.5. The highest BCUT2D eigenvalue weighted by molar-refractivity contribution is 7.91. The Bertz CT molecular complexity index is 708. The van der Waals surface area contributed by atoms with Gasteiger partial charge in [-0.15, -0.1) is 0 Å². The van der Waals surface area contributed by atoms with Crippen LogP contribution >= 0.6 is 0 Å². The van der Waals surface area contributed by atoms with Crippen LogP contribution in [0.3, 0.4) is 0 Å². The lowest BCUT2D eigenvalue weighted by atomic mass is 10.0. The van der Waals surface area contributed by atoms with E-state index in [1.807, 2.05) is 23.1 Å². The van der Waals surface area contributed by atoms with Crippen LogP contribution in [0.4, 0.5) is 0 Å². The van der Waals surface area contributed by atoms with Crippen molar-refractivity contribution in [3.8, 4) is 0 Å². The summed E-state index contributed by atoms with van der Waals surface area (Å²) in [7, 11) is -3.12.